The number of hydrogen-bond donors (Lipinski definition) is 2. The van der Waals surface area contributed by atoms with Gasteiger partial charge in [0.15, 0.2) is 0 Å². The third-order valence-electron chi connectivity index (χ3n) is 3.86. The van der Waals surface area contributed by atoms with Crippen LogP contribution < -0.4 is 15.5 Å². The van der Waals surface area contributed by atoms with Crippen LogP contribution in [0.3, 0.4) is 0 Å². The lowest BCUT2D eigenvalue weighted by atomic mass is 9.95. The molecule has 0 atom stereocenters. The molecule has 2 N–H and O–H groups in total. The van der Waals surface area contributed by atoms with Crippen LogP contribution in [0.4, 0.5) is 5.69 Å². The summed E-state index contributed by atoms with van der Waals surface area (Å²) in [6.45, 7) is 2.73. The molecule has 0 saturated carbocycles. The second-order valence-corrected chi connectivity index (χ2v) is 6.09. The maximum Gasteiger partial charge on any atom is 0.222 e. The molecule has 1 fully saturated rings. The van der Waals surface area contributed by atoms with Gasteiger partial charge in [-0.25, -0.2) is 0 Å². The summed E-state index contributed by atoms with van der Waals surface area (Å²) < 4.78 is 1.10. The molecule has 1 aromatic rings. The molecule has 0 aromatic heterocycles. The molecule has 4 nitrogen and oxygen atoms in total. The average molecular weight is 340 g/mol. The van der Waals surface area contributed by atoms with Crippen molar-refractivity contribution in [2.75, 3.05) is 32.1 Å². The van der Waals surface area contributed by atoms with E-state index in [2.05, 4.69) is 49.7 Å². The van der Waals surface area contributed by atoms with E-state index in [1.54, 1.807) is 7.05 Å². The maximum absolute atomic E-state index is 11.7. The molecule has 5 heteroatoms. The highest BCUT2D eigenvalue weighted by Gasteiger charge is 2.25. The molecule has 1 saturated heterocycles. The van der Waals surface area contributed by atoms with Crippen LogP contribution in [0.5, 0.6) is 0 Å². The van der Waals surface area contributed by atoms with Crippen molar-refractivity contribution in [1.82, 2.24) is 10.6 Å². The summed E-state index contributed by atoms with van der Waals surface area (Å²) >= 11 is 3.53. The van der Waals surface area contributed by atoms with Gasteiger partial charge in [0, 0.05) is 42.8 Å². The predicted molar refractivity (Wildman–Crippen MR) is 85.9 cm³/mol. The lowest BCUT2D eigenvalue weighted by molar-refractivity contribution is -0.125. The largest absolute Gasteiger partial charge is 0.371 e. The summed E-state index contributed by atoms with van der Waals surface area (Å²) in [5.41, 5.74) is 2.57. The number of rotatable bonds is 4. The van der Waals surface area contributed by atoms with Crippen LogP contribution in [0.15, 0.2) is 22.7 Å². The van der Waals surface area contributed by atoms with E-state index in [0.29, 0.717) is 0 Å². The van der Waals surface area contributed by atoms with Gasteiger partial charge in [0.2, 0.25) is 5.91 Å². The van der Waals surface area contributed by atoms with Gasteiger partial charge in [0.05, 0.1) is 0 Å². The Hall–Kier alpha value is -1.07. The fourth-order valence-corrected chi connectivity index (χ4v) is 3.19. The van der Waals surface area contributed by atoms with Crippen LogP contribution >= 0.6 is 15.9 Å². The third kappa shape index (κ3) is 3.52. The Bertz CT molecular complexity index is 470. The Labute approximate surface area is 129 Å². The quantitative estimate of drug-likeness (QED) is 0.883. The predicted octanol–water partition coefficient (Wildman–Crippen LogP) is 2.13. The minimum atomic E-state index is 0.166. The van der Waals surface area contributed by atoms with Gasteiger partial charge in [-0.3, -0.25) is 4.79 Å². The molecule has 1 amide bonds. The molecular weight excluding hydrogens is 318 g/mol. The monoisotopic (exact) mass is 339 g/mol. The van der Waals surface area contributed by atoms with E-state index < -0.39 is 0 Å². The number of halogens is 1. The van der Waals surface area contributed by atoms with Gasteiger partial charge in [-0.05, 0) is 43.7 Å². The van der Waals surface area contributed by atoms with Crippen molar-refractivity contribution in [3.63, 3.8) is 0 Å². The molecule has 110 valence electrons. The fraction of sp³-hybridized carbons (Fsp3) is 0.533. The van der Waals surface area contributed by atoms with Gasteiger partial charge in [0.1, 0.15) is 0 Å². The number of carbonyl (C=O) groups excluding carboxylic acids is 1. The van der Waals surface area contributed by atoms with E-state index >= 15 is 0 Å². The first-order chi connectivity index (χ1) is 9.65. The summed E-state index contributed by atoms with van der Waals surface area (Å²) in [5.74, 6) is 0.343. The van der Waals surface area contributed by atoms with Gasteiger partial charge < -0.3 is 15.5 Å². The first-order valence-corrected chi connectivity index (χ1v) is 7.84. The SMILES string of the molecule is CNCc1cc(Br)ccc1N1CCC(C(=O)NC)CC1. The minimum Gasteiger partial charge on any atom is -0.371 e. The Morgan fingerprint density at radius 2 is 2.05 bits per heavy atom. The van der Waals surface area contributed by atoms with Crippen LogP contribution in [0.2, 0.25) is 0 Å². The average Bonchev–Trinajstić information content (AvgIpc) is 2.47. The summed E-state index contributed by atoms with van der Waals surface area (Å²) in [5, 5.41) is 5.97. The summed E-state index contributed by atoms with van der Waals surface area (Å²) in [6, 6.07) is 6.41. The Kier molecular flexibility index (Phi) is 5.43. The number of carbonyl (C=O) groups is 1. The van der Waals surface area contributed by atoms with Crippen LogP contribution in [0.1, 0.15) is 18.4 Å². The van der Waals surface area contributed by atoms with Crippen LogP contribution in [-0.4, -0.2) is 33.1 Å². The van der Waals surface area contributed by atoms with Gasteiger partial charge in [-0.15, -0.1) is 0 Å². The van der Waals surface area contributed by atoms with Crippen molar-refractivity contribution in [3.05, 3.63) is 28.2 Å². The number of nitrogens with one attached hydrogen (secondary N) is 2. The fourth-order valence-electron chi connectivity index (χ4n) is 2.78. The molecule has 1 aliphatic heterocycles. The topological polar surface area (TPSA) is 44.4 Å². The van der Waals surface area contributed by atoms with Gasteiger partial charge in [-0.2, -0.15) is 0 Å². The third-order valence-corrected chi connectivity index (χ3v) is 4.35. The van der Waals surface area contributed by atoms with E-state index in [9.17, 15) is 4.79 Å². The highest BCUT2D eigenvalue weighted by atomic mass is 79.9. The molecule has 0 radical (unpaired) electrons. The summed E-state index contributed by atoms with van der Waals surface area (Å²) in [4.78, 5) is 14.1. The Balaban J connectivity index is 2.08. The standard InChI is InChI=1S/C15H22BrN3O/c1-17-10-12-9-13(16)3-4-14(12)19-7-5-11(6-8-19)15(20)18-2/h3-4,9,11,17H,5-8,10H2,1-2H3,(H,18,20). The molecule has 1 aromatic carbocycles. The Morgan fingerprint density at radius 3 is 2.65 bits per heavy atom. The first-order valence-electron chi connectivity index (χ1n) is 7.05. The number of nitrogens with zero attached hydrogens (tertiary/aromatic N) is 1. The molecule has 2 rings (SSSR count). The van der Waals surface area contributed by atoms with Gasteiger partial charge in [-0.1, -0.05) is 15.9 Å². The van der Waals surface area contributed by atoms with E-state index in [-0.39, 0.29) is 11.8 Å². The number of hydrogen-bond acceptors (Lipinski definition) is 3. The lowest BCUT2D eigenvalue weighted by Gasteiger charge is -2.34. The summed E-state index contributed by atoms with van der Waals surface area (Å²) in [7, 11) is 3.68. The molecule has 1 heterocycles. The molecule has 0 unspecified atom stereocenters. The van der Waals surface area contributed by atoms with Crippen molar-refractivity contribution in [2.24, 2.45) is 5.92 Å². The maximum atomic E-state index is 11.7. The van der Waals surface area contributed by atoms with Crippen molar-refractivity contribution < 1.29 is 4.79 Å². The number of amides is 1. The van der Waals surface area contributed by atoms with Crippen LogP contribution in [0, 0.1) is 5.92 Å². The second-order valence-electron chi connectivity index (χ2n) is 5.18. The van der Waals surface area contributed by atoms with Gasteiger partial charge >= 0.3 is 0 Å². The molecule has 0 spiro atoms. The van der Waals surface area contributed by atoms with Crippen molar-refractivity contribution in [1.29, 1.82) is 0 Å². The first kappa shape index (κ1) is 15.3. The normalized spacial score (nSPS) is 16.2. The van der Waals surface area contributed by atoms with Gasteiger partial charge in [0.25, 0.3) is 0 Å². The zero-order chi connectivity index (χ0) is 14.5. The lowest BCUT2D eigenvalue weighted by Crippen LogP contribution is -2.40. The number of benzene rings is 1. The molecule has 1 aliphatic rings. The highest BCUT2D eigenvalue weighted by molar-refractivity contribution is 9.10. The van der Waals surface area contributed by atoms with E-state index in [4.69, 9.17) is 0 Å². The van der Waals surface area contributed by atoms with E-state index in [1.165, 1.54) is 11.3 Å². The minimum absolute atomic E-state index is 0.166. The van der Waals surface area contributed by atoms with E-state index in [1.807, 2.05) is 7.05 Å². The van der Waals surface area contributed by atoms with Crippen LogP contribution in [0.25, 0.3) is 0 Å². The van der Waals surface area contributed by atoms with Crippen molar-refractivity contribution in [2.45, 2.75) is 19.4 Å². The molecule has 0 aliphatic carbocycles. The number of anilines is 1. The smallest absolute Gasteiger partial charge is 0.222 e. The highest BCUT2D eigenvalue weighted by Crippen LogP contribution is 2.28. The molecular formula is C15H22BrN3O. The van der Waals surface area contributed by atoms with E-state index in [0.717, 1.165) is 36.9 Å². The molecule has 20 heavy (non-hydrogen) atoms. The van der Waals surface area contributed by atoms with Crippen molar-refractivity contribution in [3.8, 4) is 0 Å². The van der Waals surface area contributed by atoms with Crippen LogP contribution in [-0.2, 0) is 11.3 Å². The second kappa shape index (κ2) is 7.09. The zero-order valence-corrected chi connectivity index (χ0v) is 13.7. The Morgan fingerprint density at radius 1 is 1.35 bits per heavy atom. The number of piperidine rings is 1. The summed E-state index contributed by atoms with van der Waals surface area (Å²) in [6.07, 6.45) is 1.85. The molecule has 0 bridgehead atoms. The van der Waals surface area contributed by atoms with Crippen molar-refractivity contribution >= 4 is 27.5 Å². The zero-order valence-electron chi connectivity index (χ0n) is 12.1.